The Hall–Kier alpha value is -1.88. The second kappa shape index (κ2) is 5.84. The van der Waals surface area contributed by atoms with Crippen LogP contribution in [0.1, 0.15) is 18.3 Å². The molecule has 5 heteroatoms. The zero-order valence-electron chi connectivity index (χ0n) is 11.7. The zero-order valence-corrected chi connectivity index (χ0v) is 11.7. The summed E-state index contributed by atoms with van der Waals surface area (Å²) in [5.74, 6) is 1.96. The Morgan fingerprint density at radius 1 is 1.37 bits per heavy atom. The summed E-state index contributed by atoms with van der Waals surface area (Å²) in [6.45, 7) is 2.74. The van der Waals surface area contributed by atoms with Gasteiger partial charge in [0.05, 0.1) is 6.54 Å². The minimum absolute atomic E-state index is 0.165. The van der Waals surface area contributed by atoms with E-state index in [0.29, 0.717) is 0 Å². The van der Waals surface area contributed by atoms with E-state index in [9.17, 15) is 0 Å². The van der Waals surface area contributed by atoms with Crippen molar-refractivity contribution >= 4 is 5.82 Å². The highest BCUT2D eigenvalue weighted by molar-refractivity contribution is 5.38. The summed E-state index contributed by atoms with van der Waals surface area (Å²) in [6.07, 6.45) is 6.51. The van der Waals surface area contributed by atoms with Gasteiger partial charge in [0.2, 0.25) is 0 Å². The first-order valence-corrected chi connectivity index (χ1v) is 6.44. The molecule has 19 heavy (non-hydrogen) atoms. The number of aromatic nitrogens is 3. The topological polar surface area (TPSA) is 60.0 Å². The average molecular weight is 259 g/mol. The van der Waals surface area contributed by atoms with Gasteiger partial charge >= 0.3 is 0 Å². The van der Waals surface area contributed by atoms with Crippen LogP contribution < -0.4 is 10.6 Å². The van der Waals surface area contributed by atoms with Gasteiger partial charge in [0.25, 0.3) is 0 Å². The predicted octanol–water partition coefficient (Wildman–Crippen LogP) is 1.34. The third kappa shape index (κ3) is 3.54. The van der Waals surface area contributed by atoms with Crippen molar-refractivity contribution < 1.29 is 0 Å². The van der Waals surface area contributed by atoms with E-state index in [4.69, 9.17) is 5.73 Å². The molecule has 0 aliphatic carbocycles. The van der Waals surface area contributed by atoms with E-state index < -0.39 is 0 Å². The maximum absolute atomic E-state index is 5.78. The van der Waals surface area contributed by atoms with Crippen LogP contribution in [0.15, 0.2) is 30.7 Å². The maximum atomic E-state index is 5.78. The molecule has 2 aromatic heterocycles. The lowest BCUT2D eigenvalue weighted by molar-refractivity contribution is 0.732. The summed E-state index contributed by atoms with van der Waals surface area (Å²) < 4.78 is 2.01. The van der Waals surface area contributed by atoms with Crippen LogP contribution in [-0.2, 0) is 20.0 Å². The first-order chi connectivity index (χ1) is 9.06. The number of imidazole rings is 1. The first-order valence-electron chi connectivity index (χ1n) is 6.44. The van der Waals surface area contributed by atoms with Crippen LogP contribution >= 0.6 is 0 Å². The summed E-state index contributed by atoms with van der Waals surface area (Å²) in [4.78, 5) is 10.9. The SMILES string of the molecule is CC(N)Cc1ccc(N(C)Cc2nccn2C)nc1. The van der Waals surface area contributed by atoms with E-state index in [1.807, 2.05) is 50.2 Å². The Balaban J connectivity index is 2.03. The molecule has 0 saturated heterocycles. The van der Waals surface area contributed by atoms with E-state index in [1.165, 1.54) is 5.56 Å². The van der Waals surface area contributed by atoms with Gasteiger partial charge in [-0.2, -0.15) is 0 Å². The Bertz CT molecular complexity index is 515. The molecule has 2 N–H and O–H groups in total. The van der Waals surface area contributed by atoms with Crippen molar-refractivity contribution in [2.24, 2.45) is 12.8 Å². The highest BCUT2D eigenvalue weighted by Crippen LogP contribution is 2.13. The molecule has 0 bridgehead atoms. The fourth-order valence-corrected chi connectivity index (χ4v) is 1.98. The van der Waals surface area contributed by atoms with Gasteiger partial charge in [0, 0.05) is 38.7 Å². The zero-order chi connectivity index (χ0) is 13.8. The van der Waals surface area contributed by atoms with Gasteiger partial charge in [-0.25, -0.2) is 9.97 Å². The van der Waals surface area contributed by atoms with Gasteiger partial charge in [0.15, 0.2) is 0 Å². The lowest BCUT2D eigenvalue weighted by atomic mass is 10.1. The molecule has 102 valence electrons. The van der Waals surface area contributed by atoms with Crippen molar-refractivity contribution in [2.45, 2.75) is 25.9 Å². The van der Waals surface area contributed by atoms with Crippen molar-refractivity contribution in [1.29, 1.82) is 0 Å². The number of rotatable bonds is 5. The molecule has 2 heterocycles. The van der Waals surface area contributed by atoms with E-state index in [1.54, 1.807) is 0 Å². The summed E-state index contributed by atoms with van der Waals surface area (Å²) >= 11 is 0. The molecule has 1 atom stereocenters. The number of hydrogen-bond donors (Lipinski definition) is 1. The second-order valence-electron chi connectivity index (χ2n) is 5.02. The fourth-order valence-electron chi connectivity index (χ4n) is 1.98. The predicted molar refractivity (Wildman–Crippen MR) is 76.9 cm³/mol. The number of hydrogen-bond acceptors (Lipinski definition) is 4. The van der Waals surface area contributed by atoms with E-state index in [2.05, 4.69) is 20.9 Å². The van der Waals surface area contributed by atoms with Crippen LogP contribution in [0.25, 0.3) is 0 Å². The second-order valence-corrected chi connectivity index (χ2v) is 5.02. The molecule has 0 spiro atoms. The van der Waals surface area contributed by atoms with Crippen molar-refractivity contribution in [3.63, 3.8) is 0 Å². The largest absolute Gasteiger partial charge is 0.352 e. The summed E-state index contributed by atoms with van der Waals surface area (Å²) in [5.41, 5.74) is 6.95. The van der Waals surface area contributed by atoms with Gasteiger partial charge in [-0.1, -0.05) is 6.07 Å². The van der Waals surface area contributed by atoms with Gasteiger partial charge in [0.1, 0.15) is 11.6 Å². The quantitative estimate of drug-likeness (QED) is 0.880. The highest BCUT2D eigenvalue weighted by atomic mass is 15.2. The molecule has 0 saturated carbocycles. The standard InChI is InChI=1S/C14H21N5/c1-11(15)8-12-4-5-13(17-9-12)19(3)10-14-16-6-7-18(14)2/h4-7,9,11H,8,10,15H2,1-3H3. The van der Waals surface area contributed by atoms with Gasteiger partial charge in [-0.3, -0.25) is 0 Å². The molecular formula is C14H21N5. The molecule has 0 aliphatic heterocycles. The normalized spacial score (nSPS) is 12.4. The molecular weight excluding hydrogens is 238 g/mol. The third-order valence-corrected chi connectivity index (χ3v) is 3.06. The van der Waals surface area contributed by atoms with Crippen molar-refractivity contribution in [3.05, 3.63) is 42.1 Å². The van der Waals surface area contributed by atoms with Crippen LogP contribution in [-0.4, -0.2) is 27.6 Å². The van der Waals surface area contributed by atoms with E-state index >= 15 is 0 Å². The number of aryl methyl sites for hydroxylation is 1. The third-order valence-electron chi connectivity index (χ3n) is 3.06. The Kier molecular flexibility index (Phi) is 4.16. The number of pyridine rings is 1. The molecule has 2 aromatic rings. The summed E-state index contributed by atoms with van der Waals surface area (Å²) in [7, 11) is 4.01. The van der Waals surface area contributed by atoms with Gasteiger partial charge in [-0.05, 0) is 25.0 Å². The first kappa shape index (κ1) is 13.5. The fraction of sp³-hybridized carbons (Fsp3) is 0.429. The maximum Gasteiger partial charge on any atom is 0.128 e. The summed E-state index contributed by atoms with van der Waals surface area (Å²) in [6, 6.07) is 4.28. The highest BCUT2D eigenvalue weighted by Gasteiger charge is 2.07. The number of nitrogens with two attached hydrogens (primary N) is 1. The van der Waals surface area contributed by atoms with Crippen LogP contribution in [0.3, 0.4) is 0 Å². The molecule has 0 radical (unpaired) electrons. The lowest BCUT2D eigenvalue weighted by Crippen LogP contribution is -2.21. The van der Waals surface area contributed by atoms with Crippen molar-refractivity contribution in [2.75, 3.05) is 11.9 Å². The van der Waals surface area contributed by atoms with Crippen LogP contribution in [0, 0.1) is 0 Å². The molecule has 2 rings (SSSR count). The monoisotopic (exact) mass is 259 g/mol. The molecule has 5 nitrogen and oxygen atoms in total. The van der Waals surface area contributed by atoms with Crippen LogP contribution in [0.4, 0.5) is 5.82 Å². The van der Waals surface area contributed by atoms with Gasteiger partial charge in [-0.15, -0.1) is 0 Å². The van der Waals surface area contributed by atoms with E-state index in [0.717, 1.165) is 24.6 Å². The van der Waals surface area contributed by atoms with Crippen LogP contribution in [0.2, 0.25) is 0 Å². The average Bonchev–Trinajstić information content (AvgIpc) is 2.75. The molecule has 0 aliphatic rings. The number of nitrogens with zero attached hydrogens (tertiary/aromatic N) is 4. The van der Waals surface area contributed by atoms with Gasteiger partial charge < -0.3 is 15.2 Å². The minimum atomic E-state index is 0.165. The molecule has 0 fully saturated rings. The number of anilines is 1. The molecule has 1 unspecified atom stereocenters. The summed E-state index contributed by atoms with van der Waals surface area (Å²) in [5, 5.41) is 0. The Morgan fingerprint density at radius 3 is 2.68 bits per heavy atom. The van der Waals surface area contributed by atoms with E-state index in [-0.39, 0.29) is 6.04 Å². The molecule has 0 aromatic carbocycles. The minimum Gasteiger partial charge on any atom is -0.352 e. The molecule has 0 amide bonds. The lowest BCUT2D eigenvalue weighted by Gasteiger charge is -2.18. The Labute approximate surface area is 114 Å². The smallest absolute Gasteiger partial charge is 0.128 e. The van der Waals surface area contributed by atoms with Crippen molar-refractivity contribution in [3.8, 4) is 0 Å². The Morgan fingerprint density at radius 2 is 2.16 bits per heavy atom. The van der Waals surface area contributed by atoms with Crippen molar-refractivity contribution in [1.82, 2.24) is 14.5 Å². The van der Waals surface area contributed by atoms with Crippen LogP contribution in [0.5, 0.6) is 0 Å².